The van der Waals surface area contributed by atoms with Crippen LogP contribution >= 0.6 is 11.8 Å². The molecule has 0 amide bonds. The van der Waals surface area contributed by atoms with Crippen LogP contribution < -0.4 is 5.32 Å². The van der Waals surface area contributed by atoms with Gasteiger partial charge < -0.3 is 5.32 Å². The number of nitrogens with zero attached hydrogens (tertiary/aromatic N) is 2. The van der Waals surface area contributed by atoms with Crippen molar-refractivity contribution >= 4 is 17.6 Å². The first-order valence-corrected chi connectivity index (χ1v) is 8.56. The molecule has 0 aliphatic heterocycles. The number of thioether (sulfide) groups is 1. The molecule has 2 aromatic rings. The molecule has 0 aliphatic carbocycles. The number of hydrogen-bond acceptors (Lipinski definition) is 4. The third kappa shape index (κ3) is 3.56. The molecule has 21 heavy (non-hydrogen) atoms. The Kier molecular flexibility index (Phi) is 5.23. The summed E-state index contributed by atoms with van der Waals surface area (Å²) in [7, 11) is 0. The lowest BCUT2D eigenvalue weighted by atomic mass is 10.0. The molecule has 0 saturated carbocycles. The van der Waals surface area contributed by atoms with E-state index in [-0.39, 0.29) is 0 Å². The first-order valence-electron chi connectivity index (χ1n) is 7.33. The van der Waals surface area contributed by atoms with E-state index in [1.54, 1.807) is 11.8 Å². The number of aryl methyl sites for hydroxylation is 1. The zero-order valence-corrected chi connectivity index (χ0v) is 14.2. The maximum absolute atomic E-state index is 4.74. The molecule has 0 atom stereocenters. The molecule has 1 aromatic carbocycles. The summed E-state index contributed by atoms with van der Waals surface area (Å²) in [6, 6.07) is 8.40. The third-order valence-electron chi connectivity index (χ3n) is 3.41. The number of aromatic nitrogens is 2. The number of rotatable bonds is 5. The smallest absolute Gasteiger partial charge is 0.161 e. The number of anilines is 1. The number of nitrogens with one attached hydrogen (secondary N) is 1. The van der Waals surface area contributed by atoms with E-state index in [1.807, 2.05) is 0 Å². The van der Waals surface area contributed by atoms with Gasteiger partial charge in [-0.2, -0.15) is 0 Å². The van der Waals surface area contributed by atoms with Crippen LogP contribution in [0.25, 0.3) is 11.4 Å². The van der Waals surface area contributed by atoms with E-state index in [4.69, 9.17) is 9.97 Å². The average Bonchev–Trinajstić information content (AvgIpc) is 2.46. The van der Waals surface area contributed by atoms with Crippen LogP contribution in [0.3, 0.4) is 0 Å². The van der Waals surface area contributed by atoms with Crippen LogP contribution in [0, 0.1) is 6.92 Å². The van der Waals surface area contributed by atoms with Gasteiger partial charge in [0.15, 0.2) is 5.82 Å². The summed E-state index contributed by atoms with van der Waals surface area (Å²) >= 11 is 1.74. The number of hydrogen-bond donors (Lipinski definition) is 1. The maximum atomic E-state index is 4.74. The lowest BCUT2D eigenvalue weighted by molar-refractivity contribution is 0.831. The van der Waals surface area contributed by atoms with Gasteiger partial charge in [0.2, 0.25) is 0 Å². The van der Waals surface area contributed by atoms with Gasteiger partial charge in [-0.1, -0.05) is 26.0 Å². The second kappa shape index (κ2) is 6.94. The van der Waals surface area contributed by atoms with Crippen LogP contribution in [-0.2, 0) is 0 Å². The highest BCUT2D eigenvalue weighted by molar-refractivity contribution is 7.98. The van der Waals surface area contributed by atoms with Gasteiger partial charge in [-0.3, -0.25) is 0 Å². The van der Waals surface area contributed by atoms with E-state index in [0.717, 1.165) is 29.4 Å². The standard InChI is InChI=1S/C17H23N3S/c1-6-18-17-15(11(2)3)12(4)19-16(20-17)13-7-9-14(21-5)10-8-13/h7-11H,6H2,1-5H3,(H,18,19,20). The zero-order chi connectivity index (χ0) is 15.4. The van der Waals surface area contributed by atoms with Crippen LogP contribution in [0.1, 0.15) is 37.9 Å². The predicted octanol–water partition coefficient (Wildman–Crippen LogP) is 4.73. The normalized spacial score (nSPS) is 11.0. The van der Waals surface area contributed by atoms with Crippen molar-refractivity contribution in [1.29, 1.82) is 0 Å². The Hall–Kier alpha value is -1.55. The lowest BCUT2D eigenvalue weighted by Gasteiger charge is -2.16. The van der Waals surface area contributed by atoms with Crippen LogP contribution in [0.2, 0.25) is 0 Å². The van der Waals surface area contributed by atoms with Crippen LogP contribution in [0.5, 0.6) is 0 Å². The highest BCUT2D eigenvalue weighted by atomic mass is 32.2. The van der Waals surface area contributed by atoms with Crippen molar-refractivity contribution in [2.75, 3.05) is 18.1 Å². The highest BCUT2D eigenvalue weighted by Gasteiger charge is 2.15. The van der Waals surface area contributed by atoms with E-state index in [2.05, 4.69) is 63.5 Å². The van der Waals surface area contributed by atoms with Crippen LogP contribution in [0.4, 0.5) is 5.82 Å². The molecule has 3 nitrogen and oxygen atoms in total. The summed E-state index contributed by atoms with van der Waals surface area (Å²) in [5.41, 5.74) is 3.33. The van der Waals surface area contributed by atoms with Crippen molar-refractivity contribution in [2.24, 2.45) is 0 Å². The van der Waals surface area contributed by atoms with E-state index in [1.165, 1.54) is 10.5 Å². The Morgan fingerprint density at radius 3 is 2.33 bits per heavy atom. The molecule has 2 rings (SSSR count). The molecular weight excluding hydrogens is 278 g/mol. The molecule has 1 N–H and O–H groups in total. The topological polar surface area (TPSA) is 37.8 Å². The minimum atomic E-state index is 0.409. The number of benzene rings is 1. The fourth-order valence-electron chi connectivity index (χ4n) is 2.44. The molecule has 0 unspecified atom stereocenters. The maximum Gasteiger partial charge on any atom is 0.161 e. The van der Waals surface area contributed by atoms with Gasteiger partial charge in [0.25, 0.3) is 0 Å². The SMILES string of the molecule is CCNc1nc(-c2ccc(SC)cc2)nc(C)c1C(C)C. The molecule has 0 saturated heterocycles. The Morgan fingerprint density at radius 2 is 1.81 bits per heavy atom. The summed E-state index contributed by atoms with van der Waals surface area (Å²) in [5.74, 6) is 2.16. The van der Waals surface area contributed by atoms with Gasteiger partial charge in [-0.15, -0.1) is 11.8 Å². The van der Waals surface area contributed by atoms with Gasteiger partial charge in [-0.25, -0.2) is 9.97 Å². The van der Waals surface area contributed by atoms with Crippen LogP contribution in [-0.4, -0.2) is 22.8 Å². The van der Waals surface area contributed by atoms with Crippen molar-refractivity contribution in [3.8, 4) is 11.4 Å². The summed E-state index contributed by atoms with van der Waals surface area (Å²) in [4.78, 5) is 10.7. The molecule has 0 fully saturated rings. The molecule has 0 bridgehead atoms. The van der Waals surface area contributed by atoms with Gasteiger partial charge in [-0.05, 0) is 38.2 Å². The van der Waals surface area contributed by atoms with Crippen molar-refractivity contribution in [3.05, 3.63) is 35.5 Å². The minimum Gasteiger partial charge on any atom is -0.370 e. The summed E-state index contributed by atoms with van der Waals surface area (Å²) in [6.07, 6.45) is 2.08. The van der Waals surface area contributed by atoms with Crippen molar-refractivity contribution < 1.29 is 0 Å². The monoisotopic (exact) mass is 301 g/mol. The Labute approximate surface area is 131 Å². The average molecular weight is 301 g/mol. The van der Waals surface area contributed by atoms with Gasteiger partial charge in [0.05, 0.1) is 0 Å². The predicted molar refractivity (Wildman–Crippen MR) is 92.2 cm³/mol. The fourth-order valence-corrected chi connectivity index (χ4v) is 2.85. The first kappa shape index (κ1) is 15.8. The molecular formula is C17H23N3S. The Bertz CT molecular complexity index is 606. The van der Waals surface area contributed by atoms with Crippen LogP contribution in [0.15, 0.2) is 29.2 Å². The summed E-state index contributed by atoms with van der Waals surface area (Å²) in [5, 5.41) is 3.38. The summed E-state index contributed by atoms with van der Waals surface area (Å²) < 4.78 is 0. The Balaban J connectivity index is 2.49. The van der Waals surface area contributed by atoms with Crippen molar-refractivity contribution in [3.63, 3.8) is 0 Å². The van der Waals surface area contributed by atoms with E-state index in [9.17, 15) is 0 Å². The first-order chi connectivity index (χ1) is 10.1. The zero-order valence-electron chi connectivity index (χ0n) is 13.4. The second-order valence-electron chi connectivity index (χ2n) is 5.31. The second-order valence-corrected chi connectivity index (χ2v) is 6.19. The largest absolute Gasteiger partial charge is 0.370 e. The summed E-state index contributed by atoms with van der Waals surface area (Å²) in [6.45, 7) is 9.38. The van der Waals surface area contributed by atoms with E-state index >= 15 is 0 Å². The minimum absolute atomic E-state index is 0.409. The fraction of sp³-hybridized carbons (Fsp3) is 0.412. The van der Waals surface area contributed by atoms with E-state index < -0.39 is 0 Å². The van der Waals surface area contributed by atoms with Crippen molar-refractivity contribution in [2.45, 2.75) is 38.5 Å². The highest BCUT2D eigenvalue weighted by Crippen LogP contribution is 2.28. The Morgan fingerprint density at radius 1 is 1.14 bits per heavy atom. The van der Waals surface area contributed by atoms with Crippen molar-refractivity contribution in [1.82, 2.24) is 9.97 Å². The molecule has 0 radical (unpaired) electrons. The molecule has 1 heterocycles. The van der Waals surface area contributed by atoms with Gasteiger partial charge >= 0.3 is 0 Å². The molecule has 112 valence electrons. The lowest BCUT2D eigenvalue weighted by Crippen LogP contribution is -2.09. The molecule has 1 aromatic heterocycles. The van der Waals surface area contributed by atoms with Gasteiger partial charge in [0.1, 0.15) is 5.82 Å². The van der Waals surface area contributed by atoms with Gasteiger partial charge in [0, 0.05) is 28.3 Å². The molecule has 4 heteroatoms. The quantitative estimate of drug-likeness (QED) is 0.810. The van der Waals surface area contributed by atoms with E-state index in [0.29, 0.717) is 5.92 Å². The molecule has 0 aliphatic rings. The molecule has 0 spiro atoms. The third-order valence-corrected chi connectivity index (χ3v) is 4.15.